The summed E-state index contributed by atoms with van der Waals surface area (Å²) in [6.07, 6.45) is 7.94. The van der Waals surface area contributed by atoms with Gasteiger partial charge in [0.1, 0.15) is 6.04 Å². The first-order chi connectivity index (χ1) is 10.9. The van der Waals surface area contributed by atoms with Crippen LogP contribution in [0.1, 0.15) is 59.3 Å². The van der Waals surface area contributed by atoms with Gasteiger partial charge in [0.05, 0.1) is 12.5 Å². The van der Waals surface area contributed by atoms with Crippen LogP contribution in [-0.4, -0.2) is 52.0 Å². The first-order valence-electron chi connectivity index (χ1n) is 8.47. The maximum atomic E-state index is 11.6. The number of carboxylic acid groups (broad SMARTS) is 2. The van der Waals surface area contributed by atoms with Gasteiger partial charge >= 0.3 is 5.97 Å². The molecule has 0 aromatic heterocycles. The van der Waals surface area contributed by atoms with Gasteiger partial charge in [-0.2, -0.15) is 0 Å². The van der Waals surface area contributed by atoms with E-state index in [1.807, 2.05) is 0 Å². The molecule has 6 nitrogen and oxygen atoms in total. The van der Waals surface area contributed by atoms with Crippen LogP contribution in [0.2, 0.25) is 0 Å². The van der Waals surface area contributed by atoms with E-state index < -0.39 is 30.8 Å². The van der Waals surface area contributed by atoms with Crippen molar-refractivity contribution in [1.29, 1.82) is 0 Å². The van der Waals surface area contributed by atoms with Crippen molar-refractivity contribution in [2.75, 3.05) is 13.3 Å². The fraction of sp³-hybridized carbons (Fsp3) is 0.765. The van der Waals surface area contributed by atoms with Gasteiger partial charge in [0, 0.05) is 12.8 Å². The molecule has 6 heteroatoms. The quantitative estimate of drug-likeness (QED) is 0.230. The van der Waals surface area contributed by atoms with Gasteiger partial charge in [0.2, 0.25) is 0 Å². The highest BCUT2D eigenvalue weighted by Crippen LogP contribution is 2.25. The second-order valence-electron chi connectivity index (χ2n) is 5.85. The van der Waals surface area contributed by atoms with Crippen LogP contribution < -0.4 is 5.11 Å². The van der Waals surface area contributed by atoms with Crippen molar-refractivity contribution in [3.05, 3.63) is 12.2 Å². The lowest BCUT2D eigenvalue weighted by Gasteiger charge is -2.47. The summed E-state index contributed by atoms with van der Waals surface area (Å²) < 4.78 is -0.359. The molecule has 0 aromatic carbocycles. The van der Waals surface area contributed by atoms with Gasteiger partial charge in [-0.05, 0) is 25.7 Å². The number of aliphatic carboxylic acids is 2. The van der Waals surface area contributed by atoms with E-state index in [2.05, 4.69) is 19.1 Å². The molecule has 0 aliphatic heterocycles. The van der Waals surface area contributed by atoms with Crippen LogP contribution in [-0.2, 0) is 9.59 Å². The zero-order valence-corrected chi connectivity index (χ0v) is 14.5. The Morgan fingerprint density at radius 3 is 2.09 bits per heavy atom. The summed E-state index contributed by atoms with van der Waals surface area (Å²) in [4.78, 5) is 23.1. The molecule has 0 saturated heterocycles. The third-order valence-electron chi connectivity index (χ3n) is 4.43. The van der Waals surface area contributed by atoms with Crippen molar-refractivity contribution >= 4 is 11.9 Å². The number of aliphatic hydroxyl groups excluding tert-OH is 1. The second kappa shape index (κ2) is 11.2. The van der Waals surface area contributed by atoms with Crippen molar-refractivity contribution in [2.45, 2.75) is 71.4 Å². The van der Waals surface area contributed by atoms with E-state index in [1.54, 1.807) is 13.8 Å². The maximum Gasteiger partial charge on any atom is 0.362 e. The molecule has 0 spiro atoms. The molecule has 0 rings (SSSR count). The first kappa shape index (κ1) is 21.6. The van der Waals surface area contributed by atoms with Crippen molar-refractivity contribution < 1.29 is 29.4 Å². The summed E-state index contributed by atoms with van der Waals surface area (Å²) in [5, 5.41) is 30.9. The number of rotatable bonds is 13. The minimum Gasteiger partial charge on any atom is -0.544 e. The predicted molar refractivity (Wildman–Crippen MR) is 86.3 cm³/mol. The average Bonchev–Trinajstić information content (AvgIpc) is 2.50. The molecule has 0 aliphatic carbocycles. The number of carbonyl (C=O) groups excluding carboxylic acids is 1. The number of unbranched alkanes of at least 4 members (excludes halogenated alkanes) is 2. The molecule has 2 N–H and O–H groups in total. The highest BCUT2D eigenvalue weighted by atomic mass is 16.4. The topological polar surface area (TPSA) is 97.7 Å². The lowest BCUT2D eigenvalue weighted by Crippen LogP contribution is -2.68. The number of allylic oxidation sites excluding steroid dienone is 2. The standard InChI is InChI=1S/C17H31NO5/c1-4-7-8-9-10-11-12-18(13-19,14(5-2)16(20)21)15(6-3)17(22)23/h7-8,14-15,19H,4-6,9-13H2,1-3H3,(H-,20,21,22,23)/b8-7+. The number of nitrogens with zero attached hydrogens (tertiary/aromatic N) is 1. The number of hydrogen-bond acceptors (Lipinski definition) is 4. The molecule has 0 radical (unpaired) electrons. The van der Waals surface area contributed by atoms with Crippen LogP contribution >= 0.6 is 0 Å². The molecule has 0 bridgehead atoms. The minimum absolute atomic E-state index is 0.225. The molecule has 0 heterocycles. The predicted octanol–water partition coefficient (Wildman–Crippen LogP) is 1.28. The van der Waals surface area contributed by atoms with E-state index >= 15 is 0 Å². The fourth-order valence-electron chi connectivity index (χ4n) is 3.25. The molecule has 0 amide bonds. The van der Waals surface area contributed by atoms with E-state index in [1.165, 1.54) is 0 Å². The minimum atomic E-state index is -1.30. The Labute approximate surface area is 139 Å². The Balaban J connectivity index is 5.28. The Hall–Kier alpha value is -1.40. The number of carbonyl (C=O) groups is 2. The largest absolute Gasteiger partial charge is 0.544 e. The summed E-state index contributed by atoms with van der Waals surface area (Å²) in [5.41, 5.74) is 0. The van der Waals surface area contributed by atoms with Gasteiger partial charge in [-0.3, -0.25) is 4.48 Å². The van der Waals surface area contributed by atoms with Crippen molar-refractivity contribution in [1.82, 2.24) is 0 Å². The normalized spacial score (nSPS) is 16.9. The molecular formula is C17H31NO5. The monoisotopic (exact) mass is 329 g/mol. The van der Waals surface area contributed by atoms with E-state index in [0.717, 1.165) is 19.3 Å². The highest BCUT2D eigenvalue weighted by Gasteiger charge is 2.46. The van der Waals surface area contributed by atoms with Gasteiger partial charge in [0.15, 0.2) is 12.8 Å². The molecule has 0 aliphatic rings. The van der Waals surface area contributed by atoms with Crippen LogP contribution in [0, 0.1) is 0 Å². The van der Waals surface area contributed by atoms with E-state index in [4.69, 9.17) is 0 Å². The number of aliphatic hydroxyl groups is 1. The van der Waals surface area contributed by atoms with Crippen molar-refractivity contribution in [3.8, 4) is 0 Å². The highest BCUT2D eigenvalue weighted by molar-refractivity contribution is 5.74. The lowest BCUT2D eigenvalue weighted by atomic mass is 10.0. The van der Waals surface area contributed by atoms with E-state index in [9.17, 15) is 24.9 Å². The van der Waals surface area contributed by atoms with Crippen LogP contribution in [0.5, 0.6) is 0 Å². The zero-order chi connectivity index (χ0) is 17.9. The van der Waals surface area contributed by atoms with E-state index in [0.29, 0.717) is 13.0 Å². The zero-order valence-electron chi connectivity index (χ0n) is 14.5. The summed E-state index contributed by atoms with van der Waals surface area (Å²) in [5.74, 6) is -2.38. The Bertz CT molecular complexity index is 372. The smallest absolute Gasteiger partial charge is 0.362 e. The Morgan fingerprint density at radius 2 is 1.70 bits per heavy atom. The maximum absolute atomic E-state index is 11.6. The van der Waals surface area contributed by atoms with Gasteiger partial charge in [-0.25, -0.2) is 4.79 Å². The molecule has 3 atom stereocenters. The fourth-order valence-corrected chi connectivity index (χ4v) is 3.25. The van der Waals surface area contributed by atoms with E-state index in [-0.39, 0.29) is 17.3 Å². The van der Waals surface area contributed by atoms with Gasteiger partial charge in [-0.15, -0.1) is 0 Å². The van der Waals surface area contributed by atoms with Gasteiger partial charge in [0.25, 0.3) is 0 Å². The summed E-state index contributed by atoms with van der Waals surface area (Å²) in [7, 11) is 0. The van der Waals surface area contributed by atoms with Crippen LogP contribution in [0.15, 0.2) is 12.2 Å². The van der Waals surface area contributed by atoms with Crippen LogP contribution in [0.25, 0.3) is 0 Å². The molecule has 0 fully saturated rings. The van der Waals surface area contributed by atoms with Crippen LogP contribution in [0.3, 0.4) is 0 Å². The molecule has 0 aromatic rings. The SMILES string of the molecule is CC/C=C/CCCC[N+](CO)(C(CC)C(=O)[O-])C(CC)C(=O)O. The van der Waals surface area contributed by atoms with Gasteiger partial charge in [-0.1, -0.05) is 32.9 Å². The van der Waals surface area contributed by atoms with Crippen molar-refractivity contribution in [2.24, 2.45) is 0 Å². The van der Waals surface area contributed by atoms with Crippen LogP contribution in [0.4, 0.5) is 0 Å². The average molecular weight is 329 g/mol. The first-order valence-corrected chi connectivity index (χ1v) is 8.47. The Kier molecular flexibility index (Phi) is 10.5. The molecule has 23 heavy (non-hydrogen) atoms. The third-order valence-corrected chi connectivity index (χ3v) is 4.43. The summed E-state index contributed by atoms with van der Waals surface area (Å²) in [6.45, 7) is 5.24. The summed E-state index contributed by atoms with van der Waals surface area (Å²) in [6, 6.07) is -1.97. The van der Waals surface area contributed by atoms with Gasteiger partial charge < -0.3 is 20.1 Å². The molecule has 134 valence electrons. The lowest BCUT2D eigenvalue weighted by molar-refractivity contribution is -0.976. The number of quaternary nitrogens is 1. The molecule has 3 unspecified atom stereocenters. The Morgan fingerprint density at radius 1 is 1.09 bits per heavy atom. The second-order valence-corrected chi connectivity index (χ2v) is 5.85. The molecule has 0 saturated carbocycles. The number of carboxylic acids is 2. The third kappa shape index (κ3) is 5.95. The molecular weight excluding hydrogens is 298 g/mol. The van der Waals surface area contributed by atoms with Crippen molar-refractivity contribution in [3.63, 3.8) is 0 Å². The number of hydrogen-bond donors (Lipinski definition) is 2. The summed E-state index contributed by atoms with van der Waals surface area (Å²) >= 11 is 0.